The predicted molar refractivity (Wildman–Crippen MR) is 62.9 cm³/mol. The first-order chi connectivity index (χ1) is 7.29. The van der Waals surface area contributed by atoms with Crippen LogP contribution in [0.3, 0.4) is 0 Å². The SMILES string of the molecule is CCCC(O)Cc1cc2ccccc2[nH]1. The average molecular weight is 203 g/mol. The van der Waals surface area contributed by atoms with Crippen LogP contribution in [0.5, 0.6) is 0 Å². The highest BCUT2D eigenvalue weighted by Crippen LogP contribution is 2.16. The van der Waals surface area contributed by atoms with Crippen molar-refractivity contribution in [3.05, 3.63) is 36.0 Å². The second kappa shape index (κ2) is 4.49. The smallest absolute Gasteiger partial charge is 0.0594 e. The monoisotopic (exact) mass is 203 g/mol. The number of hydrogen-bond donors (Lipinski definition) is 2. The van der Waals surface area contributed by atoms with Gasteiger partial charge in [0, 0.05) is 17.6 Å². The molecule has 0 radical (unpaired) electrons. The molecule has 0 saturated carbocycles. The van der Waals surface area contributed by atoms with E-state index in [1.54, 1.807) is 0 Å². The van der Waals surface area contributed by atoms with Gasteiger partial charge in [-0.05, 0) is 23.9 Å². The number of rotatable bonds is 4. The van der Waals surface area contributed by atoms with E-state index in [9.17, 15) is 5.11 Å². The summed E-state index contributed by atoms with van der Waals surface area (Å²) in [5.74, 6) is 0. The summed E-state index contributed by atoms with van der Waals surface area (Å²) >= 11 is 0. The van der Waals surface area contributed by atoms with Crippen LogP contribution in [-0.4, -0.2) is 16.2 Å². The lowest BCUT2D eigenvalue weighted by molar-refractivity contribution is 0.163. The van der Waals surface area contributed by atoms with Gasteiger partial charge in [0.05, 0.1) is 6.10 Å². The van der Waals surface area contributed by atoms with Gasteiger partial charge in [0.25, 0.3) is 0 Å². The second-order valence-electron chi connectivity index (χ2n) is 4.03. The lowest BCUT2D eigenvalue weighted by Crippen LogP contribution is -2.09. The van der Waals surface area contributed by atoms with Gasteiger partial charge in [-0.15, -0.1) is 0 Å². The van der Waals surface area contributed by atoms with Crippen molar-refractivity contribution < 1.29 is 5.11 Å². The molecule has 2 rings (SSSR count). The summed E-state index contributed by atoms with van der Waals surface area (Å²) in [5, 5.41) is 10.9. The van der Waals surface area contributed by atoms with Gasteiger partial charge in [0.1, 0.15) is 0 Å². The first-order valence-electron chi connectivity index (χ1n) is 5.54. The highest BCUT2D eigenvalue weighted by atomic mass is 16.3. The molecule has 2 N–H and O–H groups in total. The number of para-hydroxylation sites is 1. The normalized spacial score (nSPS) is 13.2. The number of aliphatic hydroxyl groups is 1. The summed E-state index contributed by atoms with van der Waals surface area (Å²) in [6.45, 7) is 2.09. The molecule has 0 aliphatic carbocycles. The van der Waals surface area contributed by atoms with Gasteiger partial charge in [0.2, 0.25) is 0 Å². The third-order valence-electron chi connectivity index (χ3n) is 2.66. The molecule has 1 aromatic carbocycles. The first-order valence-corrected chi connectivity index (χ1v) is 5.54. The van der Waals surface area contributed by atoms with Crippen molar-refractivity contribution in [1.29, 1.82) is 0 Å². The third-order valence-corrected chi connectivity index (χ3v) is 2.66. The minimum Gasteiger partial charge on any atom is -0.393 e. The molecule has 1 unspecified atom stereocenters. The van der Waals surface area contributed by atoms with Crippen molar-refractivity contribution in [2.24, 2.45) is 0 Å². The largest absolute Gasteiger partial charge is 0.393 e. The Morgan fingerprint density at radius 1 is 1.33 bits per heavy atom. The number of H-pyrrole nitrogens is 1. The highest BCUT2D eigenvalue weighted by molar-refractivity contribution is 5.80. The number of aromatic nitrogens is 1. The van der Waals surface area contributed by atoms with Crippen LogP contribution in [0, 0.1) is 0 Å². The zero-order chi connectivity index (χ0) is 10.7. The minimum atomic E-state index is -0.219. The second-order valence-corrected chi connectivity index (χ2v) is 4.03. The summed E-state index contributed by atoms with van der Waals surface area (Å²) in [5.41, 5.74) is 2.27. The van der Waals surface area contributed by atoms with Crippen LogP contribution in [0.1, 0.15) is 25.5 Å². The molecule has 0 aliphatic rings. The maximum atomic E-state index is 9.71. The zero-order valence-corrected chi connectivity index (χ0v) is 9.03. The van der Waals surface area contributed by atoms with E-state index in [-0.39, 0.29) is 6.10 Å². The van der Waals surface area contributed by atoms with E-state index < -0.39 is 0 Å². The molecule has 2 aromatic rings. The number of benzene rings is 1. The molecule has 0 saturated heterocycles. The summed E-state index contributed by atoms with van der Waals surface area (Å²) in [6.07, 6.45) is 2.40. The fourth-order valence-corrected chi connectivity index (χ4v) is 1.93. The van der Waals surface area contributed by atoms with Crippen LogP contribution >= 0.6 is 0 Å². The van der Waals surface area contributed by atoms with Crippen LogP contribution in [0.25, 0.3) is 10.9 Å². The number of nitrogens with one attached hydrogen (secondary N) is 1. The fourth-order valence-electron chi connectivity index (χ4n) is 1.93. The van der Waals surface area contributed by atoms with Crippen molar-refractivity contribution in [2.75, 3.05) is 0 Å². The van der Waals surface area contributed by atoms with Crippen molar-refractivity contribution in [2.45, 2.75) is 32.3 Å². The number of aromatic amines is 1. The van der Waals surface area contributed by atoms with Crippen LogP contribution in [0.4, 0.5) is 0 Å². The van der Waals surface area contributed by atoms with E-state index in [2.05, 4.69) is 30.1 Å². The first kappa shape index (κ1) is 10.2. The van der Waals surface area contributed by atoms with E-state index in [1.807, 2.05) is 12.1 Å². The standard InChI is InChI=1S/C13H17NO/c1-2-5-12(15)9-11-8-10-6-3-4-7-13(10)14-11/h3-4,6-8,12,14-15H,2,5,9H2,1H3. The van der Waals surface area contributed by atoms with Gasteiger partial charge in [-0.3, -0.25) is 0 Å². The van der Waals surface area contributed by atoms with Crippen LogP contribution in [-0.2, 0) is 6.42 Å². The van der Waals surface area contributed by atoms with Crippen molar-refractivity contribution >= 4 is 10.9 Å². The molecule has 2 heteroatoms. The molecule has 0 spiro atoms. The van der Waals surface area contributed by atoms with Gasteiger partial charge in [-0.2, -0.15) is 0 Å². The Kier molecular flexibility index (Phi) is 3.07. The molecule has 1 atom stereocenters. The van der Waals surface area contributed by atoms with Crippen LogP contribution < -0.4 is 0 Å². The molecule has 80 valence electrons. The van der Waals surface area contributed by atoms with Crippen LogP contribution in [0.2, 0.25) is 0 Å². The Morgan fingerprint density at radius 2 is 2.13 bits per heavy atom. The summed E-state index contributed by atoms with van der Waals surface area (Å²) in [7, 11) is 0. The molecule has 1 aromatic heterocycles. The van der Waals surface area contributed by atoms with E-state index in [1.165, 1.54) is 5.39 Å². The average Bonchev–Trinajstić information content (AvgIpc) is 2.59. The fraction of sp³-hybridized carbons (Fsp3) is 0.385. The Labute approximate surface area is 89.9 Å². The third kappa shape index (κ3) is 2.39. The molecular weight excluding hydrogens is 186 g/mol. The number of fused-ring (bicyclic) bond motifs is 1. The lowest BCUT2D eigenvalue weighted by Gasteiger charge is -2.06. The van der Waals surface area contributed by atoms with E-state index in [0.29, 0.717) is 0 Å². The molecule has 2 nitrogen and oxygen atoms in total. The molecule has 0 fully saturated rings. The van der Waals surface area contributed by atoms with Gasteiger partial charge in [-0.25, -0.2) is 0 Å². The molecule has 0 aliphatic heterocycles. The number of hydrogen-bond acceptors (Lipinski definition) is 1. The predicted octanol–water partition coefficient (Wildman–Crippen LogP) is 2.87. The molecular formula is C13H17NO. The molecule has 0 amide bonds. The van der Waals surface area contributed by atoms with Gasteiger partial charge in [-0.1, -0.05) is 31.5 Å². The molecule has 0 bridgehead atoms. The van der Waals surface area contributed by atoms with Crippen molar-refractivity contribution in [1.82, 2.24) is 4.98 Å². The van der Waals surface area contributed by atoms with E-state index in [0.717, 1.165) is 30.5 Å². The summed E-state index contributed by atoms with van der Waals surface area (Å²) < 4.78 is 0. The van der Waals surface area contributed by atoms with Gasteiger partial charge in [0.15, 0.2) is 0 Å². The Balaban J connectivity index is 2.15. The molecule has 15 heavy (non-hydrogen) atoms. The Bertz CT molecular complexity index is 400. The maximum Gasteiger partial charge on any atom is 0.0594 e. The maximum absolute atomic E-state index is 9.71. The van der Waals surface area contributed by atoms with Crippen molar-refractivity contribution in [3.8, 4) is 0 Å². The molecule has 1 heterocycles. The quantitative estimate of drug-likeness (QED) is 0.787. The van der Waals surface area contributed by atoms with Gasteiger partial charge >= 0.3 is 0 Å². The Morgan fingerprint density at radius 3 is 2.87 bits per heavy atom. The topological polar surface area (TPSA) is 36.0 Å². The zero-order valence-electron chi connectivity index (χ0n) is 9.03. The number of aliphatic hydroxyl groups excluding tert-OH is 1. The van der Waals surface area contributed by atoms with Crippen molar-refractivity contribution in [3.63, 3.8) is 0 Å². The van der Waals surface area contributed by atoms with E-state index in [4.69, 9.17) is 0 Å². The highest BCUT2D eigenvalue weighted by Gasteiger charge is 2.06. The van der Waals surface area contributed by atoms with Crippen LogP contribution in [0.15, 0.2) is 30.3 Å². The minimum absolute atomic E-state index is 0.219. The lowest BCUT2D eigenvalue weighted by atomic mass is 10.1. The summed E-state index contributed by atoms with van der Waals surface area (Å²) in [6, 6.07) is 10.3. The van der Waals surface area contributed by atoms with Gasteiger partial charge < -0.3 is 10.1 Å². The van der Waals surface area contributed by atoms with E-state index >= 15 is 0 Å². The Hall–Kier alpha value is -1.28. The summed E-state index contributed by atoms with van der Waals surface area (Å²) in [4.78, 5) is 3.32.